The van der Waals surface area contributed by atoms with Crippen LogP contribution in [0.2, 0.25) is 10.0 Å². The number of nitrogens with one attached hydrogen (secondary N) is 1. The molecule has 0 bridgehead atoms. The number of phenols is 1. The van der Waals surface area contributed by atoms with Crippen LogP contribution in [0.1, 0.15) is 16.7 Å². The van der Waals surface area contributed by atoms with Crippen LogP contribution in [0.3, 0.4) is 0 Å². The van der Waals surface area contributed by atoms with Crippen LogP contribution in [0.5, 0.6) is 5.75 Å². The van der Waals surface area contributed by atoms with E-state index >= 15 is 0 Å². The molecule has 7 heteroatoms. The molecule has 0 aliphatic heterocycles. The number of halogens is 3. The molecule has 34 heavy (non-hydrogen) atoms. The molecule has 0 fully saturated rings. The van der Waals surface area contributed by atoms with Crippen molar-refractivity contribution in [2.24, 2.45) is 4.99 Å². The Bertz CT molecular complexity index is 1510. The molecule has 0 spiro atoms. The second-order valence-corrected chi connectivity index (χ2v) is 9.48. The molecule has 5 aromatic rings. The normalized spacial score (nSPS) is 11.5. The first-order valence-corrected chi connectivity index (χ1v) is 12.1. The van der Waals surface area contributed by atoms with Gasteiger partial charge in [0.15, 0.2) is 0 Å². The number of hydrogen-bond acceptors (Lipinski definition) is 3. The number of aliphatic imine (C=N–C) groups is 1. The highest BCUT2D eigenvalue weighted by Crippen LogP contribution is 2.33. The van der Waals surface area contributed by atoms with Gasteiger partial charge in [-0.1, -0.05) is 53.5 Å². The largest absolute Gasteiger partial charge is 0.506 e. The van der Waals surface area contributed by atoms with Gasteiger partial charge in [-0.15, -0.1) is 0 Å². The molecule has 0 aliphatic carbocycles. The first kappa shape index (κ1) is 22.7. The van der Waals surface area contributed by atoms with Gasteiger partial charge in [0.1, 0.15) is 11.6 Å². The third kappa shape index (κ3) is 4.73. The lowest BCUT2D eigenvalue weighted by molar-refractivity contribution is 0.471. The van der Waals surface area contributed by atoms with E-state index in [1.54, 1.807) is 12.3 Å². The van der Waals surface area contributed by atoms with Crippen molar-refractivity contribution in [1.82, 2.24) is 9.97 Å². The summed E-state index contributed by atoms with van der Waals surface area (Å²) >= 11 is 16.2. The van der Waals surface area contributed by atoms with Gasteiger partial charge in [-0.05, 0) is 82.0 Å². The highest BCUT2D eigenvalue weighted by molar-refractivity contribution is 9.10. The average molecular weight is 551 g/mol. The Hall–Kier alpha value is -3.12. The van der Waals surface area contributed by atoms with Gasteiger partial charge in [-0.3, -0.25) is 4.99 Å². The highest BCUT2D eigenvalue weighted by Gasteiger charge is 2.11. The van der Waals surface area contributed by atoms with Gasteiger partial charge >= 0.3 is 0 Å². The van der Waals surface area contributed by atoms with Crippen LogP contribution in [-0.2, 0) is 6.42 Å². The second kappa shape index (κ2) is 9.63. The van der Waals surface area contributed by atoms with Crippen LogP contribution < -0.4 is 0 Å². The summed E-state index contributed by atoms with van der Waals surface area (Å²) in [4.78, 5) is 12.5. The molecule has 4 nitrogen and oxygen atoms in total. The molecule has 4 aromatic carbocycles. The fourth-order valence-electron chi connectivity index (χ4n) is 3.74. The van der Waals surface area contributed by atoms with E-state index in [1.165, 1.54) is 0 Å². The minimum absolute atomic E-state index is 0.123. The minimum Gasteiger partial charge on any atom is -0.506 e. The average Bonchev–Trinajstić information content (AvgIpc) is 3.27. The molecule has 0 radical (unpaired) electrons. The quantitative estimate of drug-likeness (QED) is 0.216. The molecule has 0 amide bonds. The van der Waals surface area contributed by atoms with Crippen LogP contribution in [0, 0.1) is 0 Å². The van der Waals surface area contributed by atoms with E-state index in [2.05, 4.69) is 30.9 Å². The molecule has 1 aromatic heterocycles. The number of aromatic nitrogens is 2. The summed E-state index contributed by atoms with van der Waals surface area (Å²) in [6.45, 7) is 0. The van der Waals surface area contributed by atoms with Crippen LogP contribution in [0.4, 0.5) is 5.69 Å². The lowest BCUT2D eigenvalue weighted by Gasteiger charge is -2.09. The number of H-pyrrole nitrogens is 1. The standard InChI is InChI=1S/C27H18BrCl2N3O/c28-21-13-16(11-17-5-1-2-6-22(17)29)12-18(26(21)34)15-31-19-9-10-23(30)20(14-19)27-32-24-7-3-4-8-25(24)33-27/h1-10,12-15,34H,11H2,(H,32,33). The van der Waals surface area contributed by atoms with Crippen molar-refractivity contribution >= 4 is 62.1 Å². The summed E-state index contributed by atoms with van der Waals surface area (Å²) in [6.07, 6.45) is 2.28. The number of hydrogen-bond donors (Lipinski definition) is 2. The molecule has 0 saturated carbocycles. The zero-order valence-corrected chi connectivity index (χ0v) is 20.9. The van der Waals surface area contributed by atoms with Gasteiger partial charge in [-0.2, -0.15) is 0 Å². The van der Waals surface area contributed by atoms with E-state index in [1.807, 2.05) is 72.8 Å². The number of imidazole rings is 1. The topological polar surface area (TPSA) is 61.3 Å². The first-order valence-electron chi connectivity index (χ1n) is 10.5. The second-order valence-electron chi connectivity index (χ2n) is 7.81. The predicted molar refractivity (Wildman–Crippen MR) is 144 cm³/mol. The molecule has 2 N–H and O–H groups in total. The van der Waals surface area contributed by atoms with Gasteiger partial charge in [0.2, 0.25) is 0 Å². The van der Waals surface area contributed by atoms with E-state index in [0.717, 1.165) is 27.7 Å². The smallest absolute Gasteiger partial charge is 0.140 e. The number of aromatic amines is 1. The lowest BCUT2D eigenvalue weighted by Crippen LogP contribution is -1.93. The van der Waals surface area contributed by atoms with E-state index < -0.39 is 0 Å². The summed E-state index contributed by atoms with van der Waals surface area (Å²) in [7, 11) is 0. The van der Waals surface area contributed by atoms with E-state index in [9.17, 15) is 5.11 Å². The molecule has 1 heterocycles. The third-order valence-electron chi connectivity index (χ3n) is 5.45. The van der Waals surface area contributed by atoms with E-state index in [4.69, 9.17) is 23.2 Å². The van der Waals surface area contributed by atoms with Crippen molar-refractivity contribution in [1.29, 1.82) is 0 Å². The Labute approximate surface area is 215 Å². The number of benzene rings is 4. The number of phenolic OH excluding ortho intramolecular Hbond substituents is 1. The number of nitrogens with zero attached hydrogens (tertiary/aromatic N) is 2. The Kier molecular flexibility index (Phi) is 6.42. The molecule has 0 saturated heterocycles. The highest BCUT2D eigenvalue weighted by atomic mass is 79.9. The van der Waals surface area contributed by atoms with Crippen LogP contribution in [0.15, 0.2) is 88.3 Å². The summed E-state index contributed by atoms with van der Waals surface area (Å²) in [6, 6.07) is 24.8. The Balaban J connectivity index is 1.46. The number of aromatic hydroxyl groups is 1. The lowest BCUT2D eigenvalue weighted by atomic mass is 10.0. The van der Waals surface area contributed by atoms with Crippen molar-refractivity contribution in [3.05, 3.63) is 110 Å². The van der Waals surface area contributed by atoms with Crippen molar-refractivity contribution in [2.75, 3.05) is 0 Å². The number of fused-ring (bicyclic) bond motifs is 1. The molecular formula is C27H18BrCl2N3O. The zero-order valence-electron chi connectivity index (χ0n) is 17.8. The minimum atomic E-state index is 0.123. The zero-order chi connectivity index (χ0) is 23.7. The third-order valence-corrected chi connectivity index (χ3v) is 6.76. The van der Waals surface area contributed by atoms with Gasteiger partial charge in [-0.25, -0.2) is 4.98 Å². The summed E-state index contributed by atoms with van der Waals surface area (Å²) in [5.41, 5.74) is 5.85. The van der Waals surface area contributed by atoms with Crippen molar-refractivity contribution in [3.8, 4) is 17.1 Å². The maximum atomic E-state index is 10.6. The maximum absolute atomic E-state index is 10.6. The monoisotopic (exact) mass is 549 g/mol. The predicted octanol–water partition coefficient (Wildman–Crippen LogP) is 8.35. The van der Waals surface area contributed by atoms with Crippen molar-refractivity contribution < 1.29 is 5.11 Å². The Morgan fingerprint density at radius 2 is 1.74 bits per heavy atom. The molecule has 0 atom stereocenters. The molecule has 5 rings (SSSR count). The summed E-state index contributed by atoms with van der Waals surface area (Å²) in [5.74, 6) is 0.800. The SMILES string of the molecule is Oc1c(Br)cc(Cc2ccccc2Cl)cc1C=Nc1ccc(Cl)c(-c2nc3ccccc3[nH]2)c1. The van der Waals surface area contributed by atoms with E-state index in [0.29, 0.717) is 38.0 Å². The van der Waals surface area contributed by atoms with Gasteiger partial charge in [0.05, 0.1) is 26.2 Å². The number of para-hydroxylation sites is 2. The fraction of sp³-hybridized carbons (Fsp3) is 0.0370. The molecule has 168 valence electrons. The van der Waals surface area contributed by atoms with Gasteiger partial charge in [0.25, 0.3) is 0 Å². The molecule has 0 unspecified atom stereocenters. The Morgan fingerprint density at radius 1 is 0.941 bits per heavy atom. The summed E-state index contributed by atoms with van der Waals surface area (Å²) in [5, 5.41) is 11.9. The summed E-state index contributed by atoms with van der Waals surface area (Å²) < 4.78 is 0.595. The van der Waals surface area contributed by atoms with Crippen molar-refractivity contribution in [2.45, 2.75) is 6.42 Å². The van der Waals surface area contributed by atoms with Crippen LogP contribution in [0.25, 0.3) is 22.4 Å². The Morgan fingerprint density at radius 3 is 2.56 bits per heavy atom. The van der Waals surface area contributed by atoms with Crippen molar-refractivity contribution in [3.63, 3.8) is 0 Å². The van der Waals surface area contributed by atoms with Gasteiger partial charge < -0.3 is 10.1 Å². The maximum Gasteiger partial charge on any atom is 0.140 e. The number of rotatable bonds is 5. The van der Waals surface area contributed by atoms with Crippen LogP contribution >= 0.6 is 39.1 Å². The van der Waals surface area contributed by atoms with E-state index in [-0.39, 0.29) is 5.75 Å². The van der Waals surface area contributed by atoms with Crippen LogP contribution in [-0.4, -0.2) is 21.3 Å². The molecular weight excluding hydrogens is 533 g/mol. The molecule has 0 aliphatic rings. The first-order chi connectivity index (χ1) is 16.5. The van der Waals surface area contributed by atoms with Gasteiger partial charge in [0, 0.05) is 22.4 Å². The fourth-order valence-corrected chi connectivity index (χ4v) is 4.67.